The maximum atomic E-state index is 12.5. The lowest BCUT2D eigenvalue weighted by molar-refractivity contribution is -0.114. The molecular weight excluding hydrogens is 430 g/mol. The summed E-state index contributed by atoms with van der Waals surface area (Å²) in [6.07, 6.45) is 0. The summed E-state index contributed by atoms with van der Waals surface area (Å²) in [4.78, 5) is 24.9. The number of aryl methyl sites for hydroxylation is 1. The van der Waals surface area contributed by atoms with Crippen molar-refractivity contribution in [1.29, 1.82) is 5.26 Å². The lowest BCUT2D eigenvalue weighted by atomic mass is 9.81. The number of nitriles is 1. The molecule has 1 heterocycles. The van der Waals surface area contributed by atoms with Gasteiger partial charge in [0, 0.05) is 22.0 Å². The summed E-state index contributed by atoms with van der Waals surface area (Å²) in [6, 6.07) is 16.9. The highest BCUT2D eigenvalue weighted by Crippen LogP contribution is 2.41. The van der Waals surface area contributed by atoms with E-state index in [0.717, 1.165) is 16.8 Å². The molecule has 0 radical (unpaired) electrons. The van der Waals surface area contributed by atoms with E-state index in [2.05, 4.69) is 16.7 Å². The number of anilines is 1. The van der Waals surface area contributed by atoms with Crippen LogP contribution in [0.15, 0.2) is 70.4 Å². The van der Waals surface area contributed by atoms with Crippen LogP contribution >= 0.6 is 23.4 Å². The smallest absolute Gasteiger partial charge is 0.234 e. The summed E-state index contributed by atoms with van der Waals surface area (Å²) >= 11 is 7.26. The lowest BCUT2D eigenvalue weighted by Crippen LogP contribution is -2.27. The van der Waals surface area contributed by atoms with Gasteiger partial charge in [-0.25, -0.2) is 0 Å². The zero-order valence-corrected chi connectivity index (χ0v) is 19.0. The molecule has 0 aromatic heterocycles. The minimum atomic E-state index is -0.511. The number of rotatable bonds is 6. The highest BCUT2D eigenvalue weighted by molar-refractivity contribution is 8.03. The van der Waals surface area contributed by atoms with Crippen LogP contribution in [0, 0.1) is 18.3 Å². The highest BCUT2D eigenvalue weighted by Gasteiger charge is 2.33. The quantitative estimate of drug-likeness (QED) is 0.622. The van der Waals surface area contributed by atoms with Crippen molar-refractivity contribution in [3.8, 4) is 6.07 Å². The molecule has 2 aromatic rings. The van der Waals surface area contributed by atoms with Gasteiger partial charge in [-0.15, -0.1) is 0 Å². The normalized spacial score (nSPS) is 15.9. The van der Waals surface area contributed by atoms with Crippen molar-refractivity contribution >= 4 is 40.7 Å². The molecular formula is C24H22ClN3O2S. The maximum absolute atomic E-state index is 12.5. The molecule has 3 rings (SSSR count). The van der Waals surface area contributed by atoms with Crippen LogP contribution in [0.5, 0.6) is 0 Å². The van der Waals surface area contributed by atoms with Gasteiger partial charge in [0.05, 0.1) is 28.3 Å². The van der Waals surface area contributed by atoms with E-state index in [0.29, 0.717) is 26.9 Å². The van der Waals surface area contributed by atoms with E-state index in [1.165, 1.54) is 18.7 Å². The molecule has 5 nitrogen and oxygen atoms in total. The summed E-state index contributed by atoms with van der Waals surface area (Å²) < 4.78 is 0. The molecule has 0 saturated heterocycles. The van der Waals surface area contributed by atoms with Crippen LogP contribution in [-0.2, 0) is 9.59 Å². The number of Topliss-reactive ketones (excluding diaryl/α,β-unsaturated/α-hetero) is 1. The standard InChI is InChI=1S/C24H22ClN3O2S/c1-14-5-4-6-19(11-14)28-21(30)13-31-24-20(12-26)23(17-7-9-18(25)10-8-17)22(16(3)29)15(2)27-24/h4-11,23,27H,13H2,1-3H3,(H,28,30)/t23-/m1/s1. The van der Waals surface area contributed by atoms with Crippen molar-refractivity contribution in [3.63, 3.8) is 0 Å². The van der Waals surface area contributed by atoms with Crippen molar-refractivity contribution in [2.45, 2.75) is 26.7 Å². The van der Waals surface area contributed by atoms with Gasteiger partial charge in [-0.05, 0) is 56.2 Å². The fourth-order valence-corrected chi connectivity index (χ4v) is 4.56. The number of allylic oxidation sites excluding steroid dienone is 3. The summed E-state index contributed by atoms with van der Waals surface area (Å²) in [5.41, 5.74) is 4.20. The topological polar surface area (TPSA) is 82.0 Å². The fourth-order valence-electron chi connectivity index (χ4n) is 3.54. The Hall–Kier alpha value is -3.01. The summed E-state index contributed by atoms with van der Waals surface area (Å²) in [5, 5.41) is 17.1. The monoisotopic (exact) mass is 451 g/mol. The van der Waals surface area contributed by atoms with Crippen molar-refractivity contribution in [1.82, 2.24) is 5.32 Å². The van der Waals surface area contributed by atoms with Gasteiger partial charge in [0.1, 0.15) is 0 Å². The molecule has 7 heteroatoms. The number of hydrogen-bond acceptors (Lipinski definition) is 5. The molecule has 1 aliphatic rings. The molecule has 1 amide bonds. The number of dihydropyridines is 1. The third-order valence-corrected chi connectivity index (χ3v) is 6.15. The van der Waals surface area contributed by atoms with Crippen LogP contribution in [0.1, 0.15) is 30.9 Å². The summed E-state index contributed by atoms with van der Waals surface area (Å²) in [6.45, 7) is 5.26. The molecule has 0 saturated carbocycles. The molecule has 1 aliphatic heterocycles. The van der Waals surface area contributed by atoms with Crippen molar-refractivity contribution < 1.29 is 9.59 Å². The van der Waals surface area contributed by atoms with Crippen LogP contribution in [0.25, 0.3) is 0 Å². The van der Waals surface area contributed by atoms with Crippen LogP contribution in [0.2, 0.25) is 5.02 Å². The first-order chi connectivity index (χ1) is 14.8. The molecule has 0 aliphatic carbocycles. The van der Waals surface area contributed by atoms with Gasteiger partial charge < -0.3 is 10.6 Å². The van der Waals surface area contributed by atoms with E-state index >= 15 is 0 Å². The van der Waals surface area contributed by atoms with Crippen molar-refractivity contribution in [2.75, 3.05) is 11.1 Å². The molecule has 0 spiro atoms. The molecule has 0 unspecified atom stereocenters. The van der Waals surface area contributed by atoms with Crippen LogP contribution in [0.4, 0.5) is 5.69 Å². The number of amides is 1. The van der Waals surface area contributed by atoms with Gasteiger partial charge in [0.2, 0.25) is 5.91 Å². The molecule has 158 valence electrons. The first kappa shape index (κ1) is 22.7. The van der Waals surface area contributed by atoms with Crippen molar-refractivity contribution in [3.05, 3.63) is 86.6 Å². The zero-order chi connectivity index (χ0) is 22.5. The Bertz CT molecular complexity index is 1130. The number of carbonyl (C=O) groups excluding carboxylic acids is 2. The number of ketones is 1. The van der Waals surface area contributed by atoms with Crippen LogP contribution in [0.3, 0.4) is 0 Å². The molecule has 0 bridgehead atoms. The minimum absolute atomic E-state index is 0.112. The Morgan fingerprint density at radius 3 is 2.52 bits per heavy atom. The van der Waals surface area contributed by atoms with Gasteiger partial charge in [0.25, 0.3) is 0 Å². The lowest BCUT2D eigenvalue weighted by Gasteiger charge is -2.29. The number of nitrogens with zero attached hydrogens (tertiary/aromatic N) is 1. The Morgan fingerprint density at radius 2 is 1.90 bits per heavy atom. The Kier molecular flexibility index (Phi) is 7.21. The predicted molar refractivity (Wildman–Crippen MR) is 126 cm³/mol. The van der Waals surface area contributed by atoms with E-state index in [-0.39, 0.29) is 17.4 Å². The fraction of sp³-hybridized carbons (Fsp3) is 0.208. The van der Waals surface area contributed by atoms with Gasteiger partial charge in [-0.3, -0.25) is 9.59 Å². The van der Waals surface area contributed by atoms with E-state index in [1.54, 1.807) is 19.1 Å². The highest BCUT2D eigenvalue weighted by atomic mass is 35.5. The number of benzene rings is 2. The SMILES string of the molecule is CC(=O)C1=C(C)NC(SCC(=O)Nc2cccc(C)c2)=C(C#N)[C@H]1c1ccc(Cl)cc1. The minimum Gasteiger partial charge on any atom is -0.353 e. The molecule has 2 N–H and O–H groups in total. The number of thioether (sulfide) groups is 1. The summed E-state index contributed by atoms with van der Waals surface area (Å²) in [7, 11) is 0. The van der Waals surface area contributed by atoms with E-state index < -0.39 is 5.92 Å². The summed E-state index contributed by atoms with van der Waals surface area (Å²) in [5.74, 6) is -0.677. The number of hydrogen-bond donors (Lipinski definition) is 2. The van der Waals surface area contributed by atoms with Crippen LogP contribution < -0.4 is 10.6 Å². The van der Waals surface area contributed by atoms with Gasteiger partial charge in [-0.2, -0.15) is 5.26 Å². The number of carbonyl (C=O) groups is 2. The van der Waals surface area contributed by atoms with Gasteiger partial charge >= 0.3 is 0 Å². The van der Waals surface area contributed by atoms with Crippen LogP contribution in [-0.4, -0.2) is 17.4 Å². The third-order valence-electron chi connectivity index (χ3n) is 4.88. The second-order valence-corrected chi connectivity index (χ2v) is 8.69. The molecule has 2 aromatic carbocycles. The average Bonchev–Trinajstić information content (AvgIpc) is 2.72. The Balaban J connectivity index is 1.87. The molecule has 1 atom stereocenters. The maximum Gasteiger partial charge on any atom is 0.234 e. The second kappa shape index (κ2) is 9.86. The predicted octanol–water partition coefficient (Wildman–Crippen LogP) is 5.31. The van der Waals surface area contributed by atoms with Crippen molar-refractivity contribution in [2.24, 2.45) is 0 Å². The average molecular weight is 452 g/mol. The van der Waals surface area contributed by atoms with E-state index in [4.69, 9.17) is 11.6 Å². The van der Waals surface area contributed by atoms with Gasteiger partial charge in [0.15, 0.2) is 5.78 Å². The first-order valence-electron chi connectivity index (χ1n) is 9.68. The first-order valence-corrected chi connectivity index (χ1v) is 11.0. The third kappa shape index (κ3) is 5.38. The van der Waals surface area contributed by atoms with E-state index in [9.17, 15) is 14.9 Å². The number of nitrogens with one attached hydrogen (secondary N) is 2. The molecule has 0 fully saturated rings. The Morgan fingerprint density at radius 1 is 1.19 bits per heavy atom. The second-order valence-electron chi connectivity index (χ2n) is 7.27. The zero-order valence-electron chi connectivity index (χ0n) is 17.5. The van der Waals surface area contributed by atoms with E-state index in [1.807, 2.05) is 43.3 Å². The Labute approximate surface area is 191 Å². The number of halogens is 1. The van der Waals surface area contributed by atoms with Gasteiger partial charge in [-0.1, -0.05) is 47.6 Å². The largest absolute Gasteiger partial charge is 0.353 e. The molecule has 31 heavy (non-hydrogen) atoms.